The number of fused-ring (bicyclic) bond motifs is 1. The van der Waals surface area contributed by atoms with Gasteiger partial charge < -0.3 is 5.11 Å². The number of carboxylic acids is 1. The summed E-state index contributed by atoms with van der Waals surface area (Å²) in [6.45, 7) is 3.54. The summed E-state index contributed by atoms with van der Waals surface area (Å²) < 4.78 is 0. The highest BCUT2D eigenvalue weighted by Gasteiger charge is 2.27. The van der Waals surface area contributed by atoms with Crippen molar-refractivity contribution in [2.45, 2.75) is 31.6 Å². The maximum absolute atomic E-state index is 11.2. The fourth-order valence-corrected chi connectivity index (χ4v) is 3.00. The Morgan fingerprint density at radius 1 is 1.44 bits per heavy atom. The third kappa shape index (κ3) is 2.96. The van der Waals surface area contributed by atoms with Crippen molar-refractivity contribution < 1.29 is 9.90 Å². The van der Waals surface area contributed by atoms with E-state index in [1.54, 1.807) is 13.8 Å². The van der Waals surface area contributed by atoms with Gasteiger partial charge in [-0.05, 0) is 43.9 Å². The molecule has 1 aromatic carbocycles. The number of hydrogen-bond donors (Lipinski definition) is 1. The van der Waals surface area contributed by atoms with E-state index in [2.05, 4.69) is 24.3 Å². The van der Waals surface area contributed by atoms with Crippen LogP contribution in [0.2, 0.25) is 0 Å². The van der Waals surface area contributed by atoms with Gasteiger partial charge >= 0.3 is 5.97 Å². The van der Waals surface area contributed by atoms with Crippen molar-refractivity contribution in [3.05, 3.63) is 35.4 Å². The number of rotatable bonds is 3. The minimum Gasteiger partial charge on any atom is -0.481 e. The molecule has 0 saturated carbocycles. The number of allylic oxidation sites excluding steroid dienone is 1. The van der Waals surface area contributed by atoms with Crippen LogP contribution in [0.3, 0.4) is 0 Å². The van der Waals surface area contributed by atoms with Crippen LogP contribution in [0.15, 0.2) is 29.2 Å². The first-order valence-electron chi connectivity index (χ1n) is 6.15. The normalized spacial score (nSPS) is 15.0. The van der Waals surface area contributed by atoms with Crippen molar-refractivity contribution in [3.63, 3.8) is 0 Å². The van der Waals surface area contributed by atoms with Gasteiger partial charge in [-0.2, -0.15) is 0 Å². The zero-order valence-corrected chi connectivity index (χ0v) is 11.6. The van der Waals surface area contributed by atoms with Gasteiger partial charge in [-0.3, -0.25) is 4.79 Å². The molecule has 1 aliphatic rings. The standard InChI is InChI=1S/C15H18O2S/c1-15(2,14(16)17)10-11-6-7-12-5-3-4-8-18-13(12)9-11/h3,5-7,9H,4,8,10H2,1-2H3,(H,16,17). The molecule has 0 amide bonds. The van der Waals surface area contributed by atoms with Crippen molar-refractivity contribution >= 4 is 23.8 Å². The van der Waals surface area contributed by atoms with Gasteiger partial charge in [0.2, 0.25) is 0 Å². The topological polar surface area (TPSA) is 37.3 Å². The lowest BCUT2D eigenvalue weighted by molar-refractivity contribution is -0.146. The van der Waals surface area contributed by atoms with Crippen LogP contribution in [0.4, 0.5) is 0 Å². The van der Waals surface area contributed by atoms with E-state index in [1.165, 1.54) is 10.5 Å². The van der Waals surface area contributed by atoms with Crippen LogP contribution in [-0.2, 0) is 11.2 Å². The molecule has 0 aliphatic carbocycles. The lowest BCUT2D eigenvalue weighted by Gasteiger charge is -2.19. The SMILES string of the molecule is CC(C)(Cc1ccc2c(c1)SCCC=C2)C(=O)O. The Kier molecular flexibility index (Phi) is 3.81. The van der Waals surface area contributed by atoms with Crippen molar-refractivity contribution in [2.24, 2.45) is 5.41 Å². The number of thioether (sulfide) groups is 1. The molecule has 0 fully saturated rings. The van der Waals surface area contributed by atoms with E-state index in [9.17, 15) is 4.79 Å². The largest absolute Gasteiger partial charge is 0.481 e. The minimum absolute atomic E-state index is 0.569. The summed E-state index contributed by atoms with van der Waals surface area (Å²) in [5.74, 6) is 0.347. The molecule has 1 N–H and O–H groups in total. The van der Waals surface area contributed by atoms with Crippen LogP contribution < -0.4 is 0 Å². The van der Waals surface area contributed by atoms with Gasteiger partial charge in [0, 0.05) is 10.6 Å². The van der Waals surface area contributed by atoms with Crippen LogP contribution in [-0.4, -0.2) is 16.8 Å². The van der Waals surface area contributed by atoms with Gasteiger partial charge in [-0.25, -0.2) is 0 Å². The molecule has 1 aliphatic heterocycles. The molecule has 0 spiro atoms. The molecule has 1 aromatic rings. The number of carbonyl (C=O) groups is 1. The highest BCUT2D eigenvalue weighted by molar-refractivity contribution is 7.99. The van der Waals surface area contributed by atoms with E-state index in [1.807, 2.05) is 17.8 Å². The van der Waals surface area contributed by atoms with Crippen LogP contribution >= 0.6 is 11.8 Å². The van der Waals surface area contributed by atoms with Gasteiger partial charge in [-0.15, -0.1) is 11.8 Å². The molecular formula is C15H18O2S. The molecule has 2 rings (SSSR count). The zero-order chi connectivity index (χ0) is 13.2. The lowest BCUT2D eigenvalue weighted by Crippen LogP contribution is -2.26. The maximum atomic E-state index is 11.2. The Labute approximate surface area is 112 Å². The third-order valence-electron chi connectivity index (χ3n) is 3.14. The summed E-state index contributed by atoms with van der Waals surface area (Å²) >= 11 is 1.85. The van der Waals surface area contributed by atoms with Gasteiger partial charge in [-0.1, -0.05) is 24.3 Å². The third-order valence-corrected chi connectivity index (χ3v) is 4.25. The first kappa shape index (κ1) is 13.2. The van der Waals surface area contributed by atoms with Gasteiger partial charge in [0.05, 0.1) is 5.41 Å². The Morgan fingerprint density at radius 2 is 2.22 bits per heavy atom. The second-order valence-corrected chi connectivity index (χ2v) is 6.41. The summed E-state index contributed by atoms with van der Waals surface area (Å²) in [7, 11) is 0. The molecule has 0 atom stereocenters. The lowest BCUT2D eigenvalue weighted by atomic mass is 9.86. The Hall–Kier alpha value is -1.22. The molecule has 0 unspecified atom stereocenters. The van der Waals surface area contributed by atoms with E-state index in [-0.39, 0.29) is 0 Å². The number of benzene rings is 1. The van der Waals surface area contributed by atoms with Crippen molar-refractivity contribution in [3.8, 4) is 0 Å². The average molecular weight is 262 g/mol. The van der Waals surface area contributed by atoms with Crippen LogP contribution in [0, 0.1) is 5.41 Å². The average Bonchev–Trinajstić information content (AvgIpc) is 2.52. The summed E-state index contributed by atoms with van der Waals surface area (Å²) in [6.07, 6.45) is 6.01. The molecule has 3 heteroatoms. The van der Waals surface area contributed by atoms with E-state index in [0.29, 0.717) is 6.42 Å². The molecule has 0 aromatic heterocycles. The number of hydrogen-bond acceptors (Lipinski definition) is 2. The van der Waals surface area contributed by atoms with Crippen LogP contribution in [0.25, 0.3) is 6.08 Å². The van der Waals surface area contributed by atoms with Gasteiger partial charge in [0.1, 0.15) is 0 Å². The summed E-state index contributed by atoms with van der Waals surface area (Å²) in [5, 5.41) is 9.17. The molecule has 0 radical (unpaired) electrons. The van der Waals surface area contributed by atoms with Crippen molar-refractivity contribution in [1.29, 1.82) is 0 Å². The molecular weight excluding hydrogens is 244 g/mol. The quantitative estimate of drug-likeness (QED) is 0.899. The predicted octanol–water partition coefficient (Wildman–Crippen LogP) is 3.85. The first-order chi connectivity index (χ1) is 8.49. The van der Waals surface area contributed by atoms with Gasteiger partial charge in [0.25, 0.3) is 0 Å². The molecule has 18 heavy (non-hydrogen) atoms. The second-order valence-electron chi connectivity index (χ2n) is 5.28. The highest BCUT2D eigenvalue weighted by atomic mass is 32.2. The minimum atomic E-state index is -0.745. The van der Waals surface area contributed by atoms with E-state index in [4.69, 9.17) is 5.11 Å². The summed E-state index contributed by atoms with van der Waals surface area (Å²) in [6, 6.07) is 6.28. The predicted molar refractivity (Wildman–Crippen MR) is 75.9 cm³/mol. The van der Waals surface area contributed by atoms with Crippen molar-refractivity contribution in [1.82, 2.24) is 0 Å². The molecule has 1 heterocycles. The zero-order valence-electron chi connectivity index (χ0n) is 10.8. The number of carboxylic acid groups (broad SMARTS) is 1. The Morgan fingerprint density at radius 3 is 2.94 bits per heavy atom. The molecule has 0 saturated heterocycles. The van der Waals surface area contributed by atoms with E-state index in [0.717, 1.165) is 17.7 Å². The van der Waals surface area contributed by atoms with Crippen LogP contribution in [0.5, 0.6) is 0 Å². The van der Waals surface area contributed by atoms with Crippen LogP contribution in [0.1, 0.15) is 31.4 Å². The monoisotopic (exact) mass is 262 g/mol. The maximum Gasteiger partial charge on any atom is 0.309 e. The Balaban J connectivity index is 2.24. The fourth-order valence-electron chi connectivity index (χ4n) is 1.98. The second kappa shape index (κ2) is 5.19. The number of aliphatic carboxylic acids is 1. The van der Waals surface area contributed by atoms with E-state index < -0.39 is 11.4 Å². The Bertz CT molecular complexity index is 489. The fraction of sp³-hybridized carbons (Fsp3) is 0.400. The molecule has 96 valence electrons. The highest BCUT2D eigenvalue weighted by Crippen LogP contribution is 2.31. The molecule has 2 nitrogen and oxygen atoms in total. The smallest absolute Gasteiger partial charge is 0.309 e. The first-order valence-corrected chi connectivity index (χ1v) is 7.13. The summed E-state index contributed by atoms with van der Waals surface area (Å²) in [4.78, 5) is 12.4. The van der Waals surface area contributed by atoms with E-state index >= 15 is 0 Å². The van der Waals surface area contributed by atoms with Gasteiger partial charge in [0.15, 0.2) is 0 Å². The molecule has 0 bridgehead atoms. The van der Waals surface area contributed by atoms with Crippen molar-refractivity contribution in [2.75, 3.05) is 5.75 Å². The summed E-state index contributed by atoms with van der Waals surface area (Å²) in [5.41, 5.74) is 1.64.